The van der Waals surface area contributed by atoms with Gasteiger partial charge in [0.05, 0.1) is 5.75 Å². The average Bonchev–Trinajstić information content (AvgIpc) is 3.10. The fraction of sp³-hybridized carbons (Fsp3) is 0.167. The molecular weight excluding hydrogens is 460 g/mol. The molecule has 6 heteroatoms. The summed E-state index contributed by atoms with van der Waals surface area (Å²) in [6.07, 6.45) is 0. The van der Waals surface area contributed by atoms with Crippen molar-refractivity contribution in [3.05, 3.63) is 93.5 Å². The molecule has 1 aliphatic rings. The van der Waals surface area contributed by atoms with Crippen molar-refractivity contribution in [1.29, 1.82) is 0 Å². The molecular formula is C24H21BrN2O2S. The molecule has 4 rings (SSSR count). The van der Waals surface area contributed by atoms with E-state index in [-0.39, 0.29) is 17.2 Å². The number of amides is 2. The lowest BCUT2D eigenvalue weighted by atomic mass is 10.1. The Kier molecular flexibility index (Phi) is 5.97. The van der Waals surface area contributed by atoms with Crippen LogP contribution in [0.3, 0.4) is 0 Å². The van der Waals surface area contributed by atoms with Gasteiger partial charge in [0.25, 0.3) is 5.91 Å². The van der Waals surface area contributed by atoms with Crippen LogP contribution in [-0.4, -0.2) is 17.6 Å². The summed E-state index contributed by atoms with van der Waals surface area (Å²) < 4.78 is 0.926. The highest BCUT2D eigenvalue weighted by atomic mass is 79.9. The molecule has 0 aromatic heterocycles. The van der Waals surface area contributed by atoms with Gasteiger partial charge in [-0.15, -0.1) is 11.8 Å². The van der Waals surface area contributed by atoms with Crippen molar-refractivity contribution in [3.63, 3.8) is 0 Å². The van der Waals surface area contributed by atoms with E-state index in [4.69, 9.17) is 0 Å². The lowest BCUT2D eigenvalue weighted by Crippen LogP contribution is -2.28. The molecule has 0 unspecified atom stereocenters. The predicted octanol–water partition coefficient (Wildman–Crippen LogP) is 6.10. The third-order valence-corrected chi connectivity index (χ3v) is 6.76. The summed E-state index contributed by atoms with van der Waals surface area (Å²) in [6.45, 7) is 4.08. The van der Waals surface area contributed by atoms with E-state index in [0.29, 0.717) is 17.0 Å². The number of benzene rings is 3. The number of thioether (sulfide) groups is 1. The molecule has 1 fully saturated rings. The largest absolute Gasteiger partial charge is 0.322 e. The van der Waals surface area contributed by atoms with Crippen LogP contribution >= 0.6 is 27.7 Å². The number of anilines is 2. The Bertz CT molecular complexity index is 1110. The summed E-state index contributed by atoms with van der Waals surface area (Å²) in [4.78, 5) is 27.1. The van der Waals surface area contributed by atoms with Gasteiger partial charge in [0, 0.05) is 21.4 Å². The van der Waals surface area contributed by atoms with Crippen molar-refractivity contribution in [2.24, 2.45) is 0 Å². The topological polar surface area (TPSA) is 49.4 Å². The van der Waals surface area contributed by atoms with Gasteiger partial charge in [0.1, 0.15) is 5.37 Å². The van der Waals surface area contributed by atoms with E-state index in [1.165, 1.54) is 5.56 Å². The molecule has 2 amide bonds. The number of hydrogen-bond acceptors (Lipinski definition) is 3. The van der Waals surface area contributed by atoms with Crippen molar-refractivity contribution in [2.45, 2.75) is 19.2 Å². The van der Waals surface area contributed by atoms with Gasteiger partial charge < -0.3 is 5.32 Å². The minimum Gasteiger partial charge on any atom is -0.322 e. The zero-order chi connectivity index (χ0) is 21.3. The highest BCUT2D eigenvalue weighted by Crippen LogP contribution is 2.43. The van der Waals surface area contributed by atoms with Gasteiger partial charge in [-0.2, -0.15) is 0 Å². The summed E-state index contributed by atoms with van der Waals surface area (Å²) in [5, 5.41) is 2.84. The molecule has 1 saturated heterocycles. The smallest absolute Gasteiger partial charge is 0.255 e. The Hall–Kier alpha value is -2.57. The maximum Gasteiger partial charge on any atom is 0.255 e. The van der Waals surface area contributed by atoms with Gasteiger partial charge in [0.2, 0.25) is 5.91 Å². The normalized spacial score (nSPS) is 16.0. The Labute approximate surface area is 188 Å². The number of carbonyl (C=O) groups is 2. The molecule has 1 atom stereocenters. The highest BCUT2D eigenvalue weighted by Gasteiger charge is 2.34. The van der Waals surface area contributed by atoms with Crippen molar-refractivity contribution < 1.29 is 9.59 Å². The molecule has 0 aliphatic carbocycles. The van der Waals surface area contributed by atoms with Crippen LogP contribution < -0.4 is 10.2 Å². The predicted molar refractivity (Wildman–Crippen MR) is 127 cm³/mol. The van der Waals surface area contributed by atoms with Crippen molar-refractivity contribution >= 4 is 50.9 Å². The lowest BCUT2D eigenvalue weighted by Gasteiger charge is -2.26. The molecule has 4 nitrogen and oxygen atoms in total. The molecule has 1 aliphatic heterocycles. The van der Waals surface area contributed by atoms with Gasteiger partial charge in [-0.3, -0.25) is 14.5 Å². The molecule has 0 spiro atoms. The lowest BCUT2D eigenvalue weighted by molar-refractivity contribution is -0.115. The maximum atomic E-state index is 12.7. The number of nitrogens with zero attached hydrogens (tertiary/aromatic N) is 1. The van der Waals surface area contributed by atoms with E-state index in [2.05, 4.69) is 27.3 Å². The first kappa shape index (κ1) is 20.7. The molecule has 30 heavy (non-hydrogen) atoms. The van der Waals surface area contributed by atoms with E-state index >= 15 is 0 Å². The van der Waals surface area contributed by atoms with Gasteiger partial charge >= 0.3 is 0 Å². The number of rotatable bonds is 4. The molecule has 3 aromatic carbocycles. The van der Waals surface area contributed by atoms with Gasteiger partial charge in [-0.1, -0.05) is 45.8 Å². The third kappa shape index (κ3) is 4.30. The highest BCUT2D eigenvalue weighted by molar-refractivity contribution is 9.10. The Morgan fingerprint density at radius 3 is 2.57 bits per heavy atom. The molecule has 1 N–H and O–H groups in total. The first-order valence-corrected chi connectivity index (χ1v) is 11.4. The van der Waals surface area contributed by atoms with Gasteiger partial charge in [-0.05, 0) is 67.4 Å². The summed E-state index contributed by atoms with van der Waals surface area (Å²) in [7, 11) is 0. The van der Waals surface area contributed by atoms with Crippen LogP contribution in [0, 0.1) is 13.8 Å². The van der Waals surface area contributed by atoms with E-state index in [1.807, 2.05) is 67.3 Å². The van der Waals surface area contributed by atoms with Crippen LogP contribution in [-0.2, 0) is 4.79 Å². The van der Waals surface area contributed by atoms with Crippen LogP contribution in [0.15, 0.2) is 71.2 Å². The van der Waals surface area contributed by atoms with E-state index in [9.17, 15) is 9.59 Å². The molecule has 3 aromatic rings. The fourth-order valence-corrected chi connectivity index (χ4v) is 5.00. The molecule has 0 saturated carbocycles. The van der Waals surface area contributed by atoms with Gasteiger partial charge in [0.15, 0.2) is 0 Å². The van der Waals surface area contributed by atoms with Crippen LogP contribution in [0.4, 0.5) is 11.4 Å². The number of carbonyl (C=O) groups excluding carboxylic acids is 2. The second-order valence-corrected chi connectivity index (χ2v) is 9.29. The van der Waals surface area contributed by atoms with Crippen molar-refractivity contribution in [3.8, 4) is 0 Å². The molecule has 0 radical (unpaired) electrons. The Morgan fingerprint density at radius 1 is 1.07 bits per heavy atom. The second kappa shape index (κ2) is 8.66. The Morgan fingerprint density at radius 2 is 1.83 bits per heavy atom. The number of hydrogen-bond donors (Lipinski definition) is 1. The first-order valence-electron chi connectivity index (χ1n) is 9.60. The SMILES string of the molecule is Cc1ccc(N2C(=O)CS[C@@H]2c2cccc(NC(=O)c3ccc(Br)cc3)c2)c(C)c1. The zero-order valence-corrected chi connectivity index (χ0v) is 19.1. The van der Waals surface area contributed by atoms with Crippen LogP contribution in [0.2, 0.25) is 0 Å². The van der Waals surface area contributed by atoms with Crippen LogP contribution in [0.1, 0.15) is 32.4 Å². The summed E-state index contributed by atoms with van der Waals surface area (Å²) in [5.41, 5.74) is 5.47. The monoisotopic (exact) mass is 480 g/mol. The average molecular weight is 481 g/mol. The van der Waals surface area contributed by atoms with Crippen LogP contribution in [0.25, 0.3) is 0 Å². The summed E-state index contributed by atoms with van der Waals surface area (Å²) in [6, 6.07) is 21.1. The van der Waals surface area contributed by atoms with Crippen molar-refractivity contribution in [2.75, 3.05) is 16.0 Å². The fourth-order valence-electron chi connectivity index (χ4n) is 3.58. The van der Waals surface area contributed by atoms with Crippen LogP contribution in [0.5, 0.6) is 0 Å². The Balaban J connectivity index is 1.60. The zero-order valence-electron chi connectivity index (χ0n) is 16.7. The molecule has 1 heterocycles. The van der Waals surface area contributed by atoms with E-state index in [1.54, 1.807) is 23.9 Å². The summed E-state index contributed by atoms with van der Waals surface area (Å²) >= 11 is 4.98. The minimum absolute atomic E-state index is 0.0984. The first-order chi connectivity index (χ1) is 14.4. The quantitative estimate of drug-likeness (QED) is 0.490. The number of aryl methyl sites for hydroxylation is 2. The number of nitrogens with one attached hydrogen (secondary N) is 1. The molecule has 0 bridgehead atoms. The van der Waals surface area contributed by atoms with Gasteiger partial charge in [-0.25, -0.2) is 0 Å². The maximum absolute atomic E-state index is 12.7. The van der Waals surface area contributed by atoms with E-state index in [0.717, 1.165) is 21.3 Å². The minimum atomic E-state index is -0.166. The second-order valence-electron chi connectivity index (χ2n) is 7.30. The summed E-state index contributed by atoms with van der Waals surface area (Å²) in [5.74, 6) is 0.371. The molecule has 152 valence electrons. The number of halogens is 1. The third-order valence-electron chi connectivity index (χ3n) is 5.02. The standard InChI is InChI=1S/C24H21BrN2O2S/c1-15-6-11-21(16(2)12-15)27-22(28)14-30-24(27)18-4-3-5-20(13-18)26-23(29)17-7-9-19(25)10-8-17/h3-13,24H,14H2,1-2H3,(H,26,29)/t24-/m1/s1. The van der Waals surface area contributed by atoms with E-state index < -0.39 is 0 Å². The van der Waals surface area contributed by atoms with Crippen molar-refractivity contribution in [1.82, 2.24) is 0 Å².